The monoisotopic (exact) mass is 336 g/mol. The third-order valence-corrected chi connectivity index (χ3v) is 4.47. The lowest BCUT2D eigenvalue weighted by molar-refractivity contribution is 0.0330. The molecule has 0 aromatic heterocycles. The predicted octanol–water partition coefficient (Wildman–Crippen LogP) is 3.49. The molecule has 5 nitrogen and oxygen atoms in total. The van der Waals surface area contributed by atoms with E-state index in [4.69, 9.17) is 14.7 Å². The van der Waals surface area contributed by atoms with Crippen LogP contribution in [0.4, 0.5) is 4.79 Å². The van der Waals surface area contributed by atoms with Gasteiger partial charge in [-0.15, -0.1) is 0 Å². The van der Waals surface area contributed by atoms with Crippen LogP contribution in [0.15, 0.2) is 54.6 Å². The SMILES string of the molecule is N#Cc1ccc(C2(NC(=O)OCc3ccccc3)CCOCC2)cc1. The number of alkyl carbamates (subject to hydrolysis) is 1. The summed E-state index contributed by atoms with van der Waals surface area (Å²) in [6.07, 6.45) is 0.883. The van der Waals surface area contributed by atoms with Crippen LogP contribution < -0.4 is 5.32 Å². The predicted molar refractivity (Wildman–Crippen MR) is 92.7 cm³/mol. The Morgan fingerprint density at radius 3 is 2.44 bits per heavy atom. The Morgan fingerprint density at radius 1 is 1.12 bits per heavy atom. The van der Waals surface area contributed by atoms with Crippen LogP contribution in [0.25, 0.3) is 0 Å². The zero-order valence-electron chi connectivity index (χ0n) is 13.9. The van der Waals surface area contributed by atoms with Crippen molar-refractivity contribution in [2.75, 3.05) is 13.2 Å². The molecule has 0 spiro atoms. The van der Waals surface area contributed by atoms with Gasteiger partial charge in [0.25, 0.3) is 0 Å². The van der Waals surface area contributed by atoms with Crippen LogP contribution in [0, 0.1) is 11.3 Å². The third-order valence-electron chi connectivity index (χ3n) is 4.47. The fourth-order valence-corrected chi connectivity index (χ4v) is 3.02. The molecule has 0 atom stereocenters. The summed E-state index contributed by atoms with van der Waals surface area (Å²) in [6, 6.07) is 19.0. The fourth-order valence-electron chi connectivity index (χ4n) is 3.02. The topological polar surface area (TPSA) is 71.4 Å². The number of ether oxygens (including phenoxy) is 2. The Hall–Kier alpha value is -2.84. The molecular formula is C20H20N2O3. The van der Waals surface area contributed by atoms with Crippen molar-refractivity contribution in [3.05, 3.63) is 71.3 Å². The van der Waals surface area contributed by atoms with Crippen molar-refractivity contribution in [2.45, 2.75) is 25.0 Å². The molecule has 1 saturated heterocycles. The van der Waals surface area contributed by atoms with Gasteiger partial charge in [0.15, 0.2) is 0 Å². The van der Waals surface area contributed by atoms with Crippen molar-refractivity contribution in [2.24, 2.45) is 0 Å². The van der Waals surface area contributed by atoms with E-state index >= 15 is 0 Å². The molecule has 1 fully saturated rings. The van der Waals surface area contributed by atoms with Crippen molar-refractivity contribution < 1.29 is 14.3 Å². The van der Waals surface area contributed by atoms with Crippen molar-refractivity contribution in [3.63, 3.8) is 0 Å². The average Bonchev–Trinajstić information content (AvgIpc) is 2.68. The fraction of sp³-hybridized carbons (Fsp3) is 0.300. The quantitative estimate of drug-likeness (QED) is 0.928. The summed E-state index contributed by atoms with van der Waals surface area (Å²) in [4.78, 5) is 12.4. The van der Waals surface area contributed by atoms with Crippen molar-refractivity contribution in [1.82, 2.24) is 5.32 Å². The van der Waals surface area contributed by atoms with Gasteiger partial charge < -0.3 is 14.8 Å². The van der Waals surface area contributed by atoms with E-state index in [9.17, 15) is 4.79 Å². The zero-order chi connectivity index (χ0) is 17.5. The number of nitriles is 1. The summed E-state index contributed by atoms with van der Waals surface area (Å²) in [5.74, 6) is 0. The molecule has 5 heteroatoms. The van der Waals surface area contributed by atoms with Crippen LogP contribution in [-0.4, -0.2) is 19.3 Å². The maximum atomic E-state index is 12.4. The van der Waals surface area contributed by atoms with E-state index in [1.807, 2.05) is 42.5 Å². The number of carbonyl (C=O) groups excluding carboxylic acids is 1. The Bertz CT molecular complexity index is 745. The lowest BCUT2D eigenvalue weighted by Gasteiger charge is -2.38. The van der Waals surface area contributed by atoms with Crippen LogP contribution in [0.3, 0.4) is 0 Å². The smallest absolute Gasteiger partial charge is 0.408 e. The first-order valence-electron chi connectivity index (χ1n) is 8.29. The van der Waals surface area contributed by atoms with E-state index in [0.29, 0.717) is 31.6 Å². The molecule has 2 aromatic rings. The standard InChI is InChI=1S/C20H20N2O3/c21-14-16-6-8-18(9-7-16)20(10-12-24-13-11-20)22-19(23)25-15-17-4-2-1-3-5-17/h1-9H,10-13,15H2,(H,22,23). The average molecular weight is 336 g/mol. The Labute approximate surface area is 147 Å². The molecule has 1 heterocycles. The van der Waals surface area contributed by atoms with E-state index in [0.717, 1.165) is 11.1 Å². The highest BCUT2D eigenvalue weighted by Crippen LogP contribution is 2.32. The van der Waals surface area contributed by atoms with Gasteiger partial charge in [0.1, 0.15) is 6.61 Å². The van der Waals surface area contributed by atoms with Crippen molar-refractivity contribution in [3.8, 4) is 6.07 Å². The van der Waals surface area contributed by atoms with Crippen molar-refractivity contribution >= 4 is 6.09 Å². The first kappa shape index (κ1) is 17.0. The molecule has 0 saturated carbocycles. The number of carbonyl (C=O) groups is 1. The Balaban J connectivity index is 1.71. The summed E-state index contributed by atoms with van der Waals surface area (Å²) in [6.45, 7) is 1.37. The highest BCUT2D eigenvalue weighted by Gasteiger charge is 2.36. The molecule has 0 bridgehead atoms. The van der Waals surface area contributed by atoms with E-state index < -0.39 is 11.6 Å². The van der Waals surface area contributed by atoms with Gasteiger partial charge in [0, 0.05) is 13.2 Å². The van der Waals surface area contributed by atoms with Crippen LogP contribution in [0.1, 0.15) is 29.5 Å². The van der Waals surface area contributed by atoms with Gasteiger partial charge in [-0.05, 0) is 36.1 Å². The van der Waals surface area contributed by atoms with Gasteiger partial charge in [-0.2, -0.15) is 5.26 Å². The van der Waals surface area contributed by atoms with E-state index in [1.165, 1.54) is 0 Å². The molecule has 25 heavy (non-hydrogen) atoms. The molecule has 2 aromatic carbocycles. The number of hydrogen-bond acceptors (Lipinski definition) is 4. The minimum absolute atomic E-state index is 0.229. The second kappa shape index (κ2) is 7.82. The molecule has 0 unspecified atom stereocenters. The molecule has 1 N–H and O–H groups in total. The number of amides is 1. The van der Waals surface area contributed by atoms with Crippen molar-refractivity contribution in [1.29, 1.82) is 5.26 Å². The maximum absolute atomic E-state index is 12.4. The summed E-state index contributed by atoms with van der Waals surface area (Å²) in [5.41, 5.74) is 1.97. The van der Waals surface area contributed by atoms with Gasteiger partial charge in [-0.25, -0.2) is 4.79 Å². The molecule has 1 amide bonds. The van der Waals surface area contributed by atoms with Crippen LogP contribution in [0.5, 0.6) is 0 Å². The molecule has 1 aliphatic rings. The van der Waals surface area contributed by atoms with Gasteiger partial charge in [-0.3, -0.25) is 0 Å². The van der Waals surface area contributed by atoms with Gasteiger partial charge >= 0.3 is 6.09 Å². The van der Waals surface area contributed by atoms with Gasteiger partial charge in [-0.1, -0.05) is 42.5 Å². The summed E-state index contributed by atoms with van der Waals surface area (Å²) in [5, 5.41) is 12.0. The maximum Gasteiger partial charge on any atom is 0.408 e. The van der Waals surface area contributed by atoms with Crippen LogP contribution in [0.2, 0.25) is 0 Å². The molecule has 1 aliphatic heterocycles. The zero-order valence-corrected chi connectivity index (χ0v) is 13.9. The summed E-state index contributed by atoms with van der Waals surface area (Å²) >= 11 is 0. The lowest BCUT2D eigenvalue weighted by Crippen LogP contribution is -2.49. The minimum Gasteiger partial charge on any atom is -0.445 e. The highest BCUT2D eigenvalue weighted by molar-refractivity contribution is 5.69. The molecule has 3 rings (SSSR count). The Morgan fingerprint density at radius 2 is 1.80 bits per heavy atom. The van der Waals surface area contributed by atoms with Gasteiger partial charge in [0.2, 0.25) is 0 Å². The first-order valence-corrected chi connectivity index (χ1v) is 8.29. The van der Waals surface area contributed by atoms with E-state index in [1.54, 1.807) is 12.1 Å². The Kier molecular flexibility index (Phi) is 5.32. The second-order valence-corrected chi connectivity index (χ2v) is 6.07. The van der Waals surface area contributed by atoms with Crippen LogP contribution in [-0.2, 0) is 21.6 Å². The molecular weight excluding hydrogens is 316 g/mol. The number of nitrogens with one attached hydrogen (secondary N) is 1. The van der Waals surface area contributed by atoms with Crippen LogP contribution >= 0.6 is 0 Å². The minimum atomic E-state index is -0.528. The second-order valence-electron chi connectivity index (χ2n) is 6.07. The number of nitrogens with zero attached hydrogens (tertiary/aromatic N) is 1. The number of benzene rings is 2. The summed E-state index contributed by atoms with van der Waals surface area (Å²) < 4.78 is 10.8. The number of rotatable bonds is 4. The summed E-state index contributed by atoms with van der Waals surface area (Å²) in [7, 11) is 0. The largest absolute Gasteiger partial charge is 0.445 e. The molecule has 0 aliphatic carbocycles. The van der Waals surface area contributed by atoms with Gasteiger partial charge in [0.05, 0.1) is 17.2 Å². The normalized spacial score (nSPS) is 15.8. The molecule has 0 radical (unpaired) electrons. The van der Waals surface area contributed by atoms with E-state index in [-0.39, 0.29) is 6.61 Å². The lowest BCUT2D eigenvalue weighted by atomic mass is 9.82. The number of hydrogen-bond donors (Lipinski definition) is 1. The first-order chi connectivity index (χ1) is 12.2. The highest BCUT2D eigenvalue weighted by atomic mass is 16.5. The third kappa shape index (κ3) is 4.17. The molecule has 128 valence electrons. The van der Waals surface area contributed by atoms with E-state index in [2.05, 4.69) is 11.4 Å².